The van der Waals surface area contributed by atoms with E-state index in [9.17, 15) is 15.0 Å². The average Bonchev–Trinajstić information content (AvgIpc) is 2.81. The standard InChI is InChI=1S/C12H14Cl2N4O3/c1-5(19)15-3-2-7(20)9(21)6-4-16-11-8(6)10(13)17-12(14)18-11/h4,7,9,20-21H,2-3H2,1H3,(H,15,19)(H,16,17,18). The number of aromatic amines is 1. The lowest BCUT2D eigenvalue weighted by Gasteiger charge is -2.17. The second-order valence-corrected chi connectivity index (χ2v) is 5.23. The van der Waals surface area contributed by atoms with Crippen molar-refractivity contribution in [3.05, 3.63) is 22.2 Å². The van der Waals surface area contributed by atoms with Gasteiger partial charge in [0.2, 0.25) is 11.2 Å². The zero-order chi connectivity index (χ0) is 15.6. The van der Waals surface area contributed by atoms with Crippen LogP contribution in [0.4, 0.5) is 0 Å². The van der Waals surface area contributed by atoms with Gasteiger partial charge >= 0.3 is 0 Å². The zero-order valence-corrected chi connectivity index (χ0v) is 12.6. The van der Waals surface area contributed by atoms with E-state index in [2.05, 4.69) is 20.3 Å². The molecule has 2 unspecified atom stereocenters. The van der Waals surface area contributed by atoms with Crippen molar-refractivity contribution in [2.45, 2.75) is 25.6 Å². The molecule has 0 radical (unpaired) electrons. The Hall–Kier alpha value is -1.41. The molecular formula is C12H14Cl2N4O3. The highest BCUT2D eigenvalue weighted by Gasteiger charge is 2.23. The van der Waals surface area contributed by atoms with Gasteiger partial charge in [0.1, 0.15) is 16.9 Å². The molecule has 2 heterocycles. The number of amides is 1. The molecule has 1 amide bonds. The molecule has 2 rings (SSSR count). The number of carbonyl (C=O) groups excluding carboxylic acids is 1. The topological polar surface area (TPSA) is 111 Å². The van der Waals surface area contributed by atoms with Crippen molar-refractivity contribution in [3.8, 4) is 0 Å². The monoisotopic (exact) mass is 332 g/mol. The van der Waals surface area contributed by atoms with Crippen molar-refractivity contribution in [1.82, 2.24) is 20.3 Å². The molecule has 7 nitrogen and oxygen atoms in total. The van der Waals surface area contributed by atoms with Crippen molar-refractivity contribution in [1.29, 1.82) is 0 Å². The van der Waals surface area contributed by atoms with Crippen LogP contribution in [-0.4, -0.2) is 43.7 Å². The number of hydrogen-bond donors (Lipinski definition) is 4. The second-order valence-electron chi connectivity index (χ2n) is 4.53. The molecule has 0 aromatic carbocycles. The number of halogens is 2. The fraction of sp³-hybridized carbons (Fsp3) is 0.417. The first-order chi connectivity index (χ1) is 9.90. The van der Waals surface area contributed by atoms with Crippen LogP contribution in [0, 0.1) is 0 Å². The van der Waals surface area contributed by atoms with Gasteiger partial charge in [-0.1, -0.05) is 11.6 Å². The number of aliphatic hydroxyl groups excluding tert-OH is 2. The molecule has 2 aromatic heterocycles. The lowest BCUT2D eigenvalue weighted by atomic mass is 10.0. The summed E-state index contributed by atoms with van der Waals surface area (Å²) >= 11 is 11.7. The summed E-state index contributed by atoms with van der Waals surface area (Å²) in [5.74, 6) is -0.199. The van der Waals surface area contributed by atoms with Crippen LogP contribution in [0.1, 0.15) is 25.0 Å². The minimum absolute atomic E-state index is 0.0124. The molecule has 0 aliphatic rings. The molecule has 114 valence electrons. The maximum Gasteiger partial charge on any atom is 0.225 e. The molecule has 0 bridgehead atoms. The van der Waals surface area contributed by atoms with Gasteiger partial charge in [0.05, 0.1) is 11.5 Å². The van der Waals surface area contributed by atoms with Crippen LogP contribution in [0.25, 0.3) is 11.0 Å². The molecule has 0 saturated heterocycles. The van der Waals surface area contributed by atoms with E-state index in [1.807, 2.05) is 0 Å². The number of aromatic nitrogens is 3. The van der Waals surface area contributed by atoms with Crippen molar-refractivity contribution >= 4 is 40.1 Å². The van der Waals surface area contributed by atoms with Gasteiger partial charge in [0.15, 0.2) is 0 Å². The molecule has 0 aliphatic heterocycles. The number of fused-ring (bicyclic) bond motifs is 1. The van der Waals surface area contributed by atoms with Crippen molar-refractivity contribution in [2.24, 2.45) is 0 Å². The number of nitrogens with zero attached hydrogens (tertiary/aromatic N) is 2. The van der Waals surface area contributed by atoms with E-state index in [4.69, 9.17) is 23.2 Å². The summed E-state index contributed by atoms with van der Waals surface area (Å²) in [6.07, 6.45) is -0.565. The van der Waals surface area contributed by atoms with Gasteiger partial charge in [-0.2, -0.15) is 4.98 Å². The first-order valence-electron chi connectivity index (χ1n) is 6.20. The Bertz CT molecular complexity index is 661. The van der Waals surface area contributed by atoms with Gasteiger partial charge in [0, 0.05) is 25.2 Å². The van der Waals surface area contributed by atoms with Gasteiger partial charge in [-0.3, -0.25) is 4.79 Å². The third-order valence-corrected chi connectivity index (χ3v) is 3.43. The fourth-order valence-electron chi connectivity index (χ4n) is 1.98. The summed E-state index contributed by atoms with van der Waals surface area (Å²) in [7, 11) is 0. The molecular weight excluding hydrogens is 319 g/mol. The third kappa shape index (κ3) is 3.62. The molecule has 0 fully saturated rings. The number of aliphatic hydroxyl groups is 2. The maximum absolute atomic E-state index is 10.8. The molecule has 4 N–H and O–H groups in total. The van der Waals surface area contributed by atoms with Crippen LogP contribution < -0.4 is 5.32 Å². The smallest absolute Gasteiger partial charge is 0.225 e. The fourth-order valence-corrected chi connectivity index (χ4v) is 2.47. The quantitative estimate of drug-likeness (QED) is 0.485. The number of carbonyl (C=O) groups is 1. The Morgan fingerprint density at radius 3 is 2.81 bits per heavy atom. The lowest BCUT2D eigenvalue weighted by Crippen LogP contribution is -2.27. The third-order valence-electron chi connectivity index (χ3n) is 2.99. The number of nitrogens with one attached hydrogen (secondary N) is 2. The minimum Gasteiger partial charge on any atom is -0.390 e. The molecule has 0 aliphatic carbocycles. The van der Waals surface area contributed by atoms with Gasteiger partial charge in [-0.15, -0.1) is 0 Å². The second kappa shape index (κ2) is 6.57. The van der Waals surface area contributed by atoms with Crippen LogP contribution in [0.3, 0.4) is 0 Å². The minimum atomic E-state index is -1.19. The Morgan fingerprint density at radius 1 is 1.43 bits per heavy atom. The van der Waals surface area contributed by atoms with Crippen molar-refractivity contribution in [3.63, 3.8) is 0 Å². The number of H-pyrrole nitrogens is 1. The lowest BCUT2D eigenvalue weighted by molar-refractivity contribution is -0.119. The largest absolute Gasteiger partial charge is 0.390 e. The molecule has 21 heavy (non-hydrogen) atoms. The summed E-state index contributed by atoms with van der Waals surface area (Å²) in [6, 6.07) is 0. The summed E-state index contributed by atoms with van der Waals surface area (Å²) in [6.45, 7) is 1.63. The predicted molar refractivity (Wildman–Crippen MR) is 78.2 cm³/mol. The molecule has 2 aromatic rings. The average molecular weight is 333 g/mol. The maximum atomic E-state index is 10.8. The molecule has 2 atom stereocenters. The Kier molecular flexibility index (Phi) is 5.00. The zero-order valence-electron chi connectivity index (χ0n) is 11.1. The van der Waals surface area contributed by atoms with Gasteiger partial charge in [-0.25, -0.2) is 4.98 Å². The highest BCUT2D eigenvalue weighted by Crippen LogP contribution is 2.31. The normalized spacial score (nSPS) is 14.1. The molecule has 0 spiro atoms. The summed E-state index contributed by atoms with van der Waals surface area (Å²) in [4.78, 5) is 21.3. The number of hydrogen-bond acceptors (Lipinski definition) is 5. The van der Waals surface area contributed by atoms with E-state index in [1.165, 1.54) is 13.1 Å². The number of rotatable bonds is 5. The summed E-state index contributed by atoms with van der Waals surface area (Å²) < 4.78 is 0. The van der Waals surface area contributed by atoms with E-state index in [-0.39, 0.29) is 29.3 Å². The predicted octanol–water partition coefficient (Wildman–Crippen LogP) is 1.19. The van der Waals surface area contributed by atoms with Crippen LogP contribution >= 0.6 is 23.2 Å². The van der Waals surface area contributed by atoms with E-state index in [0.717, 1.165) is 0 Å². The van der Waals surface area contributed by atoms with Crippen LogP contribution in [-0.2, 0) is 4.79 Å². The van der Waals surface area contributed by atoms with Crippen LogP contribution in [0.15, 0.2) is 6.20 Å². The van der Waals surface area contributed by atoms with E-state index in [1.54, 1.807) is 0 Å². The Morgan fingerprint density at radius 2 is 2.14 bits per heavy atom. The first-order valence-corrected chi connectivity index (χ1v) is 6.96. The highest BCUT2D eigenvalue weighted by molar-refractivity contribution is 6.35. The Labute approximate surface area is 130 Å². The van der Waals surface area contributed by atoms with Gasteiger partial charge in [0.25, 0.3) is 0 Å². The molecule has 0 saturated carbocycles. The summed E-state index contributed by atoms with van der Waals surface area (Å²) in [5, 5.41) is 23.2. The summed E-state index contributed by atoms with van der Waals surface area (Å²) in [5.41, 5.74) is 0.755. The highest BCUT2D eigenvalue weighted by atomic mass is 35.5. The van der Waals surface area contributed by atoms with Crippen LogP contribution in [0.5, 0.6) is 0 Å². The van der Waals surface area contributed by atoms with Gasteiger partial charge in [-0.05, 0) is 18.0 Å². The SMILES string of the molecule is CC(=O)NCCC(O)C(O)c1c[nH]c2nc(Cl)nc(Cl)c12. The Balaban J connectivity index is 2.19. The van der Waals surface area contributed by atoms with Crippen molar-refractivity contribution in [2.75, 3.05) is 6.54 Å². The molecule has 9 heteroatoms. The van der Waals surface area contributed by atoms with Gasteiger partial charge < -0.3 is 20.5 Å². The van der Waals surface area contributed by atoms with E-state index >= 15 is 0 Å². The first kappa shape index (κ1) is 16.0. The van der Waals surface area contributed by atoms with E-state index < -0.39 is 12.2 Å². The van der Waals surface area contributed by atoms with Crippen molar-refractivity contribution < 1.29 is 15.0 Å². The van der Waals surface area contributed by atoms with E-state index in [0.29, 0.717) is 16.6 Å². The van der Waals surface area contributed by atoms with Crippen LogP contribution in [0.2, 0.25) is 10.4 Å².